The van der Waals surface area contributed by atoms with Crippen LogP contribution in [0.25, 0.3) is 0 Å². The lowest BCUT2D eigenvalue weighted by atomic mass is 10.2. The SMILES string of the molecule is CCCCCCCP(=O)(OC)OC. The maximum atomic E-state index is 11.5. The lowest BCUT2D eigenvalue weighted by Gasteiger charge is -2.12. The van der Waals surface area contributed by atoms with Gasteiger partial charge in [-0.25, -0.2) is 0 Å². The second-order valence-electron chi connectivity index (χ2n) is 3.11. The Morgan fingerprint density at radius 2 is 1.54 bits per heavy atom. The third-order valence-electron chi connectivity index (χ3n) is 2.09. The van der Waals surface area contributed by atoms with Gasteiger partial charge in [0.2, 0.25) is 0 Å². The van der Waals surface area contributed by atoms with Gasteiger partial charge >= 0.3 is 7.60 Å². The molecule has 0 amide bonds. The molecule has 0 aromatic rings. The number of rotatable bonds is 8. The molecule has 0 aliphatic carbocycles. The van der Waals surface area contributed by atoms with Gasteiger partial charge in [-0.2, -0.15) is 0 Å². The maximum Gasteiger partial charge on any atom is 0.330 e. The highest BCUT2D eigenvalue weighted by Gasteiger charge is 2.19. The standard InChI is InChI=1S/C9H21O3P/c1-4-5-6-7-8-9-13(10,11-2)12-3/h4-9H2,1-3H3. The third-order valence-corrected chi connectivity index (χ3v) is 4.07. The smallest absolute Gasteiger partial charge is 0.312 e. The number of unbranched alkanes of at least 4 members (excludes halogenated alkanes) is 4. The molecule has 0 spiro atoms. The summed E-state index contributed by atoms with van der Waals surface area (Å²) < 4.78 is 21.2. The van der Waals surface area contributed by atoms with Crippen molar-refractivity contribution in [2.75, 3.05) is 20.4 Å². The van der Waals surface area contributed by atoms with Crippen molar-refractivity contribution in [3.05, 3.63) is 0 Å². The Morgan fingerprint density at radius 1 is 1.00 bits per heavy atom. The van der Waals surface area contributed by atoms with E-state index < -0.39 is 7.60 Å². The summed E-state index contributed by atoms with van der Waals surface area (Å²) in [5, 5.41) is 0. The van der Waals surface area contributed by atoms with E-state index >= 15 is 0 Å². The first-order chi connectivity index (χ1) is 6.18. The molecule has 0 rings (SSSR count). The molecule has 0 unspecified atom stereocenters. The van der Waals surface area contributed by atoms with Crippen molar-refractivity contribution >= 4 is 7.60 Å². The van der Waals surface area contributed by atoms with E-state index in [9.17, 15) is 4.57 Å². The lowest BCUT2D eigenvalue weighted by molar-refractivity contribution is 0.275. The zero-order chi connectivity index (χ0) is 10.2. The normalized spacial score (nSPS) is 11.9. The van der Waals surface area contributed by atoms with Crippen molar-refractivity contribution in [2.45, 2.75) is 39.0 Å². The van der Waals surface area contributed by atoms with Crippen molar-refractivity contribution in [1.82, 2.24) is 0 Å². The van der Waals surface area contributed by atoms with Crippen LogP contribution in [0.1, 0.15) is 39.0 Å². The monoisotopic (exact) mass is 208 g/mol. The molecule has 0 aliphatic heterocycles. The van der Waals surface area contributed by atoms with Crippen LogP contribution in [-0.4, -0.2) is 20.4 Å². The zero-order valence-corrected chi connectivity index (χ0v) is 9.81. The highest BCUT2D eigenvalue weighted by atomic mass is 31.2. The van der Waals surface area contributed by atoms with Gasteiger partial charge in [-0.3, -0.25) is 4.57 Å². The third kappa shape index (κ3) is 6.25. The van der Waals surface area contributed by atoms with Crippen LogP contribution in [0.2, 0.25) is 0 Å². The van der Waals surface area contributed by atoms with Crippen LogP contribution in [-0.2, 0) is 13.6 Å². The summed E-state index contributed by atoms with van der Waals surface area (Å²) in [6, 6.07) is 0. The second-order valence-corrected chi connectivity index (χ2v) is 5.51. The Bertz CT molecular complexity index is 151. The molecule has 0 aliphatic rings. The van der Waals surface area contributed by atoms with Gasteiger partial charge < -0.3 is 9.05 Å². The van der Waals surface area contributed by atoms with Crippen LogP contribution in [0.4, 0.5) is 0 Å². The molecule has 3 nitrogen and oxygen atoms in total. The number of hydrogen-bond donors (Lipinski definition) is 0. The van der Waals surface area contributed by atoms with Crippen LogP contribution in [0.3, 0.4) is 0 Å². The largest absolute Gasteiger partial charge is 0.330 e. The fourth-order valence-corrected chi connectivity index (χ4v) is 2.29. The summed E-state index contributed by atoms with van der Waals surface area (Å²) in [5.41, 5.74) is 0. The van der Waals surface area contributed by atoms with Crippen molar-refractivity contribution in [3.8, 4) is 0 Å². The van der Waals surface area contributed by atoms with Gasteiger partial charge in [0.25, 0.3) is 0 Å². The summed E-state index contributed by atoms with van der Waals surface area (Å²) in [7, 11) is 0.152. The van der Waals surface area contributed by atoms with Crippen molar-refractivity contribution < 1.29 is 13.6 Å². The van der Waals surface area contributed by atoms with Gasteiger partial charge in [0.05, 0.1) is 6.16 Å². The summed E-state index contributed by atoms with van der Waals surface area (Å²) in [5.74, 6) is 0. The minimum atomic E-state index is -2.73. The van der Waals surface area contributed by atoms with E-state index in [2.05, 4.69) is 6.92 Å². The highest BCUT2D eigenvalue weighted by molar-refractivity contribution is 7.53. The fraction of sp³-hybridized carbons (Fsp3) is 1.00. The zero-order valence-electron chi connectivity index (χ0n) is 8.91. The first-order valence-corrected chi connectivity index (χ1v) is 6.62. The molecule has 0 saturated carbocycles. The first kappa shape index (κ1) is 13.2. The molecule has 0 aromatic heterocycles. The molecule has 0 N–H and O–H groups in total. The van der Waals surface area contributed by atoms with E-state index in [1.807, 2.05) is 0 Å². The van der Waals surface area contributed by atoms with E-state index in [0.717, 1.165) is 12.8 Å². The molecule has 0 atom stereocenters. The fourth-order valence-electron chi connectivity index (χ4n) is 1.17. The molecule has 0 fully saturated rings. The van der Waals surface area contributed by atoms with E-state index in [1.54, 1.807) is 0 Å². The van der Waals surface area contributed by atoms with Gasteiger partial charge in [-0.15, -0.1) is 0 Å². The van der Waals surface area contributed by atoms with Gasteiger partial charge in [0.15, 0.2) is 0 Å². The molecule has 0 saturated heterocycles. The van der Waals surface area contributed by atoms with Gasteiger partial charge in [-0.05, 0) is 6.42 Å². The topological polar surface area (TPSA) is 35.5 Å². The quantitative estimate of drug-likeness (QED) is 0.452. The van der Waals surface area contributed by atoms with Gasteiger partial charge in [0.1, 0.15) is 0 Å². The molecule has 13 heavy (non-hydrogen) atoms. The molecular weight excluding hydrogens is 187 g/mol. The van der Waals surface area contributed by atoms with Crippen LogP contribution < -0.4 is 0 Å². The summed E-state index contributed by atoms with van der Waals surface area (Å²) in [4.78, 5) is 0. The van der Waals surface area contributed by atoms with Gasteiger partial charge in [-0.1, -0.05) is 32.6 Å². The average molecular weight is 208 g/mol. The van der Waals surface area contributed by atoms with Crippen molar-refractivity contribution in [2.24, 2.45) is 0 Å². The maximum absolute atomic E-state index is 11.5. The predicted molar refractivity (Wildman–Crippen MR) is 55.3 cm³/mol. The lowest BCUT2D eigenvalue weighted by Crippen LogP contribution is -1.94. The Balaban J connectivity index is 3.45. The summed E-state index contributed by atoms with van der Waals surface area (Å²) in [6.07, 6.45) is 6.29. The minimum absolute atomic E-state index is 0.545. The molecule has 0 radical (unpaired) electrons. The van der Waals surface area contributed by atoms with Crippen molar-refractivity contribution in [3.63, 3.8) is 0 Å². The molecule has 0 bridgehead atoms. The Hall–Kier alpha value is 0.150. The van der Waals surface area contributed by atoms with Crippen LogP contribution in [0, 0.1) is 0 Å². The van der Waals surface area contributed by atoms with E-state index in [0.29, 0.717) is 6.16 Å². The van der Waals surface area contributed by atoms with Crippen LogP contribution in [0.5, 0.6) is 0 Å². The minimum Gasteiger partial charge on any atom is -0.312 e. The molecule has 0 heterocycles. The Kier molecular flexibility index (Phi) is 7.63. The number of hydrogen-bond acceptors (Lipinski definition) is 3. The Morgan fingerprint density at radius 3 is 2.00 bits per heavy atom. The van der Waals surface area contributed by atoms with E-state index in [1.165, 1.54) is 33.5 Å². The molecule has 4 heteroatoms. The average Bonchev–Trinajstić information content (AvgIpc) is 2.17. The first-order valence-electron chi connectivity index (χ1n) is 4.89. The predicted octanol–water partition coefficient (Wildman–Crippen LogP) is 3.44. The van der Waals surface area contributed by atoms with E-state index in [-0.39, 0.29) is 0 Å². The van der Waals surface area contributed by atoms with Gasteiger partial charge in [0, 0.05) is 14.2 Å². The van der Waals surface area contributed by atoms with E-state index in [4.69, 9.17) is 9.05 Å². The molecule has 80 valence electrons. The van der Waals surface area contributed by atoms with Crippen LogP contribution >= 0.6 is 7.60 Å². The summed E-state index contributed by atoms with van der Waals surface area (Å²) >= 11 is 0. The summed E-state index contributed by atoms with van der Waals surface area (Å²) in [6.45, 7) is 2.18. The second kappa shape index (κ2) is 7.54. The molecule has 0 aromatic carbocycles. The van der Waals surface area contributed by atoms with Crippen molar-refractivity contribution in [1.29, 1.82) is 0 Å². The highest BCUT2D eigenvalue weighted by Crippen LogP contribution is 2.47. The Labute approximate surface area is 81.3 Å². The van der Waals surface area contributed by atoms with Crippen LogP contribution in [0.15, 0.2) is 0 Å². The molecular formula is C9H21O3P.